The van der Waals surface area contributed by atoms with Crippen LogP contribution in [0.2, 0.25) is 0 Å². The van der Waals surface area contributed by atoms with E-state index in [4.69, 9.17) is 4.74 Å². The molecule has 3 rings (SSSR count). The van der Waals surface area contributed by atoms with E-state index < -0.39 is 0 Å². The maximum atomic E-state index is 12.5. The fourth-order valence-electron chi connectivity index (χ4n) is 2.33. The van der Waals surface area contributed by atoms with Crippen molar-refractivity contribution >= 4 is 22.6 Å². The lowest BCUT2D eigenvalue weighted by Gasteiger charge is -2.11. The average molecular weight is 295 g/mol. The van der Waals surface area contributed by atoms with Gasteiger partial charge in [0.15, 0.2) is 0 Å². The van der Waals surface area contributed by atoms with Gasteiger partial charge in [-0.1, -0.05) is 23.8 Å². The number of anilines is 1. The fraction of sp³-hybridized carbons (Fsp3) is 0.176. The highest BCUT2D eigenvalue weighted by Gasteiger charge is 2.12. The Balaban J connectivity index is 1.91. The van der Waals surface area contributed by atoms with Crippen molar-refractivity contribution in [3.05, 3.63) is 54.2 Å². The number of para-hydroxylation sites is 2. The zero-order valence-corrected chi connectivity index (χ0v) is 12.5. The molecule has 0 atom stereocenters. The molecule has 1 N–H and O–H groups in total. The molecule has 112 valence electrons. The second-order valence-corrected chi connectivity index (χ2v) is 4.98. The Morgan fingerprint density at radius 2 is 2.09 bits per heavy atom. The van der Waals surface area contributed by atoms with Crippen LogP contribution in [0.25, 0.3) is 10.9 Å². The number of carbonyl (C=O) groups is 1. The zero-order valence-electron chi connectivity index (χ0n) is 12.5. The average Bonchev–Trinajstić information content (AvgIpc) is 2.92. The molecule has 0 aliphatic carbocycles. The summed E-state index contributed by atoms with van der Waals surface area (Å²) in [6.45, 7) is 4.45. The number of benzene rings is 2. The third kappa shape index (κ3) is 2.65. The Hall–Kier alpha value is -2.82. The van der Waals surface area contributed by atoms with Gasteiger partial charge < -0.3 is 10.1 Å². The van der Waals surface area contributed by atoms with E-state index in [1.165, 1.54) is 4.68 Å². The van der Waals surface area contributed by atoms with Gasteiger partial charge in [0.2, 0.25) is 0 Å². The fourth-order valence-corrected chi connectivity index (χ4v) is 2.33. The highest BCUT2D eigenvalue weighted by atomic mass is 16.5. The van der Waals surface area contributed by atoms with Crippen LogP contribution in [-0.2, 0) is 0 Å². The molecule has 0 aliphatic rings. The van der Waals surface area contributed by atoms with Crippen molar-refractivity contribution in [2.75, 3.05) is 11.9 Å². The molecule has 0 saturated carbocycles. The Bertz CT molecular complexity index is 824. The lowest BCUT2D eigenvalue weighted by Crippen LogP contribution is -2.20. The molecule has 0 bridgehead atoms. The molecule has 3 aromatic rings. The van der Waals surface area contributed by atoms with Crippen LogP contribution in [0.5, 0.6) is 5.75 Å². The lowest BCUT2D eigenvalue weighted by atomic mass is 10.2. The third-order valence-corrected chi connectivity index (χ3v) is 3.34. The molecule has 0 unspecified atom stereocenters. The van der Waals surface area contributed by atoms with Crippen molar-refractivity contribution in [2.45, 2.75) is 13.8 Å². The van der Waals surface area contributed by atoms with Gasteiger partial charge in [0, 0.05) is 5.39 Å². The Labute approximate surface area is 128 Å². The minimum absolute atomic E-state index is 0.314. The quantitative estimate of drug-likeness (QED) is 0.799. The van der Waals surface area contributed by atoms with Crippen LogP contribution >= 0.6 is 0 Å². The summed E-state index contributed by atoms with van der Waals surface area (Å²) in [5, 5.41) is 7.95. The summed E-state index contributed by atoms with van der Waals surface area (Å²) in [4.78, 5) is 12.5. The number of hydrogen-bond donors (Lipinski definition) is 1. The van der Waals surface area contributed by atoms with Crippen molar-refractivity contribution < 1.29 is 9.53 Å². The van der Waals surface area contributed by atoms with E-state index in [1.54, 1.807) is 12.3 Å². The predicted molar refractivity (Wildman–Crippen MR) is 86.5 cm³/mol. The first kappa shape index (κ1) is 14.1. The first-order valence-corrected chi connectivity index (χ1v) is 7.16. The topological polar surface area (TPSA) is 56.1 Å². The van der Waals surface area contributed by atoms with Crippen LogP contribution < -0.4 is 10.1 Å². The Kier molecular flexibility index (Phi) is 3.78. The van der Waals surface area contributed by atoms with Crippen LogP contribution in [0.15, 0.2) is 48.7 Å². The molecular weight excluding hydrogens is 278 g/mol. The van der Waals surface area contributed by atoms with Crippen molar-refractivity contribution in [3.63, 3.8) is 0 Å². The summed E-state index contributed by atoms with van der Waals surface area (Å²) in [5.74, 6) is 0.644. The normalized spacial score (nSPS) is 10.6. The van der Waals surface area contributed by atoms with Gasteiger partial charge in [0.25, 0.3) is 0 Å². The van der Waals surface area contributed by atoms with Gasteiger partial charge in [0.05, 0.1) is 24.0 Å². The van der Waals surface area contributed by atoms with E-state index in [-0.39, 0.29) is 6.03 Å². The monoisotopic (exact) mass is 295 g/mol. The van der Waals surface area contributed by atoms with Crippen molar-refractivity contribution in [3.8, 4) is 5.75 Å². The van der Waals surface area contributed by atoms with Gasteiger partial charge in [-0.15, -0.1) is 0 Å². The summed E-state index contributed by atoms with van der Waals surface area (Å²) in [7, 11) is 0. The number of nitrogens with one attached hydrogen (secondary N) is 1. The molecule has 2 aromatic carbocycles. The van der Waals surface area contributed by atoms with E-state index in [9.17, 15) is 4.79 Å². The van der Waals surface area contributed by atoms with E-state index in [2.05, 4.69) is 10.4 Å². The standard InChI is InChI=1S/C17H17N3O2/c1-3-22-16-7-5-4-6-14(16)19-17(21)20-15-9-8-12(2)10-13(15)11-18-20/h4-11H,3H2,1-2H3,(H,19,21). The number of nitrogens with zero attached hydrogens (tertiary/aromatic N) is 2. The SMILES string of the molecule is CCOc1ccccc1NC(=O)n1ncc2cc(C)ccc21. The Morgan fingerprint density at radius 1 is 1.27 bits per heavy atom. The molecule has 22 heavy (non-hydrogen) atoms. The van der Waals surface area contributed by atoms with Crippen LogP contribution in [0, 0.1) is 6.92 Å². The van der Waals surface area contributed by atoms with Crippen LogP contribution in [0.3, 0.4) is 0 Å². The molecule has 0 aliphatic heterocycles. The largest absolute Gasteiger partial charge is 0.492 e. The number of rotatable bonds is 3. The van der Waals surface area contributed by atoms with Crippen molar-refractivity contribution in [1.29, 1.82) is 0 Å². The molecular formula is C17H17N3O2. The van der Waals surface area contributed by atoms with Crippen LogP contribution in [-0.4, -0.2) is 22.4 Å². The number of fused-ring (bicyclic) bond motifs is 1. The second-order valence-electron chi connectivity index (χ2n) is 4.98. The third-order valence-electron chi connectivity index (χ3n) is 3.34. The number of ether oxygens (including phenoxy) is 1. The van der Waals surface area contributed by atoms with Gasteiger partial charge in [-0.3, -0.25) is 0 Å². The molecule has 0 saturated heterocycles. The van der Waals surface area contributed by atoms with Gasteiger partial charge in [-0.05, 0) is 38.1 Å². The summed E-state index contributed by atoms with van der Waals surface area (Å²) < 4.78 is 6.87. The highest BCUT2D eigenvalue weighted by molar-refractivity contribution is 5.98. The molecule has 1 amide bonds. The van der Waals surface area contributed by atoms with Crippen LogP contribution in [0.1, 0.15) is 12.5 Å². The summed E-state index contributed by atoms with van der Waals surface area (Å²) in [6, 6.07) is 12.9. The summed E-state index contributed by atoms with van der Waals surface area (Å²) in [5.41, 5.74) is 2.54. The smallest absolute Gasteiger partial charge is 0.347 e. The number of carbonyl (C=O) groups excluding carboxylic acids is 1. The molecule has 5 nitrogen and oxygen atoms in total. The molecule has 1 aromatic heterocycles. The number of hydrogen-bond acceptors (Lipinski definition) is 3. The van der Waals surface area contributed by atoms with Gasteiger partial charge in [0.1, 0.15) is 5.75 Å². The number of amides is 1. The minimum Gasteiger partial charge on any atom is -0.492 e. The van der Waals surface area contributed by atoms with E-state index in [1.807, 2.05) is 50.2 Å². The first-order valence-electron chi connectivity index (χ1n) is 7.16. The molecule has 0 fully saturated rings. The second kappa shape index (κ2) is 5.89. The molecule has 0 radical (unpaired) electrons. The predicted octanol–water partition coefficient (Wildman–Crippen LogP) is 3.82. The molecule has 5 heteroatoms. The van der Waals surface area contributed by atoms with Crippen molar-refractivity contribution in [2.24, 2.45) is 0 Å². The zero-order chi connectivity index (χ0) is 15.5. The highest BCUT2D eigenvalue weighted by Crippen LogP contribution is 2.24. The minimum atomic E-state index is -0.314. The first-order chi connectivity index (χ1) is 10.7. The van der Waals surface area contributed by atoms with E-state index in [0.29, 0.717) is 18.0 Å². The number of aryl methyl sites for hydroxylation is 1. The maximum Gasteiger partial charge on any atom is 0.347 e. The van der Waals surface area contributed by atoms with Gasteiger partial charge >= 0.3 is 6.03 Å². The molecule has 0 spiro atoms. The van der Waals surface area contributed by atoms with Gasteiger partial charge in [-0.25, -0.2) is 4.79 Å². The summed E-state index contributed by atoms with van der Waals surface area (Å²) >= 11 is 0. The summed E-state index contributed by atoms with van der Waals surface area (Å²) in [6.07, 6.45) is 1.69. The van der Waals surface area contributed by atoms with Crippen molar-refractivity contribution in [1.82, 2.24) is 9.78 Å². The van der Waals surface area contributed by atoms with Gasteiger partial charge in [-0.2, -0.15) is 9.78 Å². The van der Waals surface area contributed by atoms with E-state index >= 15 is 0 Å². The maximum absolute atomic E-state index is 12.5. The number of aromatic nitrogens is 2. The molecule has 1 heterocycles. The lowest BCUT2D eigenvalue weighted by molar-refractivity contribution is 0.251. The Morgan fingerprint density at radius 3 is 2.91 bits per heavy atom. The van der Waals surface area contributed by atoms with E-state index in [0.717, 1.165) is 16.5 Å². The van der Waals surface area contributed by atoms with Crippen LogP contribution in [0.4, 0.5) is 10.5 Å².